The third-order valence-electron chi connectivity index (χ3n) is 18.0. The Bertz CT molecular complexity index is 4500. The van der Waals surface area contributed by atoms with Crippen LogP contribution >= 0.6 is 0 Å². The van der Waals surface area contributed by atoms with Gasteiger partial charge >= 0.3 is 0 Å². The second-order valence-corrected chi connectivity index (χ2v) is 23.2. The summed E-state index contributed by atoms with van der Waals surface area (Å²) in [4.78, 5) is 12.0. The van der Waals surface area contributed by atoms with Gasteiger partial charge < -0.3 is 0 Å². The van der Waals surface area contributed by atoms with Gasteiger partial charge in [0.2, 0.25) is 0 Å². The summed E-state index contributed by atoms with van der Waals surface area (Å²) >= 11 is 0. The number of hydrogen-bond acceptors (Lipinski definition) is 2. The Balaban J connectivity index is 0.944. The van der Waals surface area contributed by atoms with E-state index in [0.717, 1.165) is 66.9 Å². The molecular weight excluding hydrogens is 965 g/mol. The molecule has 0 atom stereocenters. The third-order valence-corrected chi connectivity index (χ3v) is 18.0. The van der Waals surface area contributed by atoms with Crippen molar-refractivity contribution in [2.24, 2.45) is 0 Å². The summed E-state index contributed by atoms with van der Waals surface area (Å²) in [5.74, 6) is 0. The van der Waals surface area contributed by atoms with E-state index in [0.29, 0.717) is 0 Å². The molecule has 80 heavy (non-hydrogen) atoms. The van der Waals surface area contributed by atoms with Crippen LogP contribution in [0.4, 0.5) is 0 Å². The van der Waals surface area contributed by atoms with E-state index in [1.807, 2.05) is 0 Å². The highest BCUT2D eigenvalue weighted by molar-refractivity contribution is 6.14. The molecule has 0 amide bonds. The van der Waals surface area contributed by atoms with Gasteiger partial charge in [0.05, 0.1) is 22.4 Å². The van der Waals surface area contributed by atoms with E-state index >= 15 is 0 Å². The quantitative estimate of drug-likeness (QED) is 0.155. The van der Waals surface area contributed by atoms with Crippen molar-refractivity contribution in [1.29, 1.82) is 0 Å². The van der Waals surface area contributed by atoms with Crippen LogP contribution in [0.5, 0.6) is 0 Å². The Labute approximate surface area is 466 Å². The second kappa shape index (κ2) is 17.4. The van der Waals surface area contributed by atoms with Crippen molar-refractivity contribution in [3.05, 3.63) is 277 Å². The summed E-state index contributed by atoms with van der Waals surface area (Å²) in [5.41, 5.74) is 24.9. The normalized spacial score (nSPS) is 13.7. The molecule has 2 nitrogen and oxygen atoms in total. The van der Waals surface area contributed by atoms with E-state index in [1.54, 1.807) is 0 Å². The van der Waals surface area contributed by atoms with Gasteiger partial charge in [0.1, 0.15) is 0 Å². The number of benzene rings is 13. The first kappa shape index (κ1) is 46.3. The lowest BCUT2D eigenvalue weighted by molar-refractivity contribution is 0.660. The van der Waals surface area contributed by atoms with Crippen molar-refractivity contribution in [3.8, 4) is 89.3 Å². The van der Waals surface area contributed by atoms with Crippen molar-refractivity contribution in [2.45, 2.75) is 38.5 Å². The zero-order valence-corrected chi connectivity index (χ0v) is 45.1. The largest absolute Gasteiger partial charge is 0.243 e. The van der Waals surface area contributed by atoms with Crippen molar-refractivity contribution in [2.75, 3.05) is 0 Å². The second-order valence-electron chi connectivity index (χ2n) is 23.2. The average Bonchev–Trinajstić information content (AvgIpc) is 3.91. The van der Waals surface area contributed by atoms with E-state index < -0.39 is 0 Å². The Morgan fingerprint density at radius 3 is 0.900 bits per heavy atom. The molecule has 0 saturated carbocycles. The Morgan fingerprint density at radius 2 is 0.525 bits per heavy atom. The first-order chi connectivity index (χ1) is 39.2. The third kappa shape index (κ3) is 6.91. The van der Waals surface area contributed by atoms with E-state index in [-0.39, 0.29) is 10.8 Å². The minimum Gasteiger partial charge on any atom is -0.243 e. The van der Waals surface area contributed by atoms with Gasteiger partial charge in [0.15, 0.2) is 0 Å². The smallest absolute Gasteiger partial charge is 0.0979 e. The molecule has 1 heterocycles. The predicted octanol–water partition coefficient (Wildman–Crippen LogP) is 20.9. The summed E-state index contributed by atoms with van der Waals surface area (Å²) in [7, 11) is 0. The van der Waals surface area contributed by atoms with Crippen molar-refractivity contribution >= 4 is 54.1 Å². The Kier molecular flexibility index (Phi) is 10.1. The fourth-order valence-corrected chi connectivity index (χ4v) is 14.0. The standard InChI is InChI=1S/C78H54N2/c1-77(2)67-27-15-13-25-63(67)65-39-37-55(45-69(65)77)61-41-42-62(56-38-40-66-64-26-14-16-28-68(64)78(3,4)70(66)46-56)76-75(61)79-73(49-33-29-47(30-34-49)71-57-21-9-5-17-51(57)43-52-18-6-10-22-58(52)71)74(80-76)50-35-31-48(32-36-50)72-59-23-11-7-19-53(59)44-54-20-8-12-24-60(54)72/h5-46H,1-4H3. The number of rotatable bonds is 6. The highest BCUT2D eigenvalue weighted by atomic mass is 14.8. The Morgan fingerprint density at radius 1 is 0.237 bits per heavy atom. The molecule has 0 bridgehead atoms. The van der Waals surface area contributed by atoms with E-state index in [4.69, 9.17) is 9.97 Å². The van der Waals surface area contributed by atoms with Crippen LogP contribution in [0.25, 0.3) is 143 Å². The fraction of sp³-hybridized carbons (Fsp3) is 0.0769. The molecule has 2 heteroatoms. The van der Waals surface area contributed by atoms with Gasteiger partial charge in [-0.2, -0.15) is 0 Å². The molecule has 0 spiro atoms. The lowest BCUT2D eigenvalue weighted by atomic mass is 9.81. The number of aromatic nitrogens is 2. The molecule has 2 aliphatic rings. The average molecular weight is 1020 g/mol. The maximum Gasteiger partial charge on any atom is 0.0979 e. The molecule has 16 rings (SSSR count). The van der Waals surface area contributed by atoms with Crippen LogP contribution in [-0.4, -0.2) is 9.97 Å². The monoisotopic (exact) mass is 1020 g/mol. The van der Waals surface area contributed by atoms with Gasteiger partial charge in [-0.3, -0.25) is 0 Å². The van der Waals surface area contributed by atoms with Crippen LogP contribution in [0.2, 0.25) is 0 Å². The number of hydrogen-bond donors (Lipinski definition) is 0. The lowest BCUT2D eigenvalue weighted by Crippen LogP contribution is -2.15. The maximum absolute atomic E-state index is 5.99. The van der Waals surface area contributed by atoms with Crippen LogP contribution in [0.15, 0.2) is 255 Å². The van der Waals surface area contributed by atoms with Gasteiger partial charge in [-0.1, -0.05) is 258 Å². The van der Waals surface area contributed by atoms with Gasteiger partial charge in [-0.25, -0.2) is 9.97 Å². The van der Waals surface area contributed by atoms with Crippen LogP contribution in [0, 0.1) is 0 Å². The molecule has 13 aromatic carbocycles. The number of nitrogens with zero attached hydrogens (tertiary/aromatic N) is 2. The molecule has 0 radical (unpaired) electrons. The summed E-state index contributed by atoms with van der Waals surface area (Å²) in [6.07, 6.45) is 0. The summed E-state index contributed by atoms with van der Waals surface area (Å²) in [6.45, 7) is 9.44. The van der Waals surface area contributed by atoms with Crippen LogP contribution in [-0.2, 0) is 10.8 Å². The molecule has 1 aromatic heterocycles. The summed E-state index contributed by atoms with van der Waals surface area (Å²) in [6, 6.07) is 94.3. The van der Waals surface area contributed by atoms with Gasteiger partial charge in [0, 0.05) is 33.1 Å². The molecule has 14 aromatic rings. The highest BCUT2D eigenvalue weighted by Crippen LogP contribution is 2.53. The fourth-order valence-electron chi connectivity index (χ4n) is 14.0. The minimum absolute atomic E-state index is 0.169. The topological polar surface area (TPSA) is 25.8 Å². The minimum atomic E-state index is -0.169. The molecule has 0 unspecified atom stereocenters. The first-order valence-corrected chi connectivity index (χ1v) is 28.0. The SMILES string of the molecule is CC1(C)c2ccccc2-c2ccc(-c3ccc(-c4ccc5c(c4)C(C)(C)c4ccccc4-5)c4nc(-c5ccc(-c6c7ccccc7cc7ccccc67)cc5)c(-c5ccc(-c6c7ccccc7cc7ccccc67)cc5)nc34)cc21. The number of fused-ring (bicyclic) bond motifs is 11. The van der Waals surface area contributed by atoms with E-state index in [9.17, 15) is 0 Å². The van der Waals surface area contributed by atoms with E-state index in [1.165, 1.54) is 98.7 Å². The van der Waals surface area contributed by atoms with Crippen LogP contribution < -0.4 is 0 Å². The summed E-state index contributed by atoms with van der Waals surface area (Å²) in [5, 5.41) is 9.86. The molecule has 376 valence electrons. The van der Waals surface area contributed by atoms with Crippen molar-refractivity contribution in [3.63, 3.8) is 0 Å². The Hall–Kier alpha value is -9.76. The molecule has 0 saturated heterocycles. The summed E-state index contributed by atoms with van der Waals surface area (Å²) < 4.78 is 0. The highest BCUT2D eigenvalue weighted by Gasteiger charge is 2.37. The molecule has 0 fully saturated rings. The molecular formula is C78H54N2. The molecule has 2 aliphatic carbocycles. The zero-order valence-electron chi connectivity index (χ0n) is 45.1. The zero-order chi connectivity index (χ0) is 53.4. The van der Waals surface area contributed by atoms with Crippen molar-refractivity contribution < 1.29 is 0 Å². The van der Waals surface area contributed by atoms with Gasteiger partial charge in [0.25, 0.3) is 0 Å². The van der Waals surface area contributed by atoms with Crippen LogP contribution in [0.3, 0.4) is 0 Å². The van der Waals surface area contributed by atoms with Crippen molar-refractivity contribution in [1.82, 2.24) is 9.97 Å². The molecule has 0 N–H and O–H groups in total. The lowest BCUT2D eigenvalue weighted by Gasteiger charge is -2.23. The van der Waals surface area contributed by atoms with Crippen LogP contribution in [0.1, 0.15) is 49.9 Å². The molecule has 0 aliphatic heterocycles. The maximum atomic E-state index is 5.99. The van der Waals surface area contributed by atoms with Gasteiger partial charge in [-0.15, -0.1) is 0 Å². The first-order valence-electron chi connectivity index (χ1n) is 28.0. The van der Waals surface area contributed by atoms with E-state index in [2.05, 4.69) is 282 Å². The predicted molar refractivity (Wildman–Crippen MR) is 337 cm³/mol. The van der Waals surface area contributed by atoms with Gasteiger partial charge in [-0.05, 0) is 145 Å².